The van der Waals surface area contributed by atoms with Gasteiger partial charge in [0.05, 0.1) is 6.61 Å². The average molecular weight is 378 g/mol. The topological polar surface area (TPSA) is 51.2 Å². The van der Waals surface area contributed by atoms with Gasteiger partial charge in [-0.25, -0.2) is 4.39 Å². The lowest BCUT2D eigenvalue weighted by Gasteiger charge is -2.36. The van der Waals surface area contributed by atoms with Crippen molar-refractivity contribution in [1.82, 2.24) is 9.80 Å². The number of hydrogen-bond acceptors (Lipinski definition) is 5. The van der Waals surface area contributed by atoms with Gasteiger partial charge in [-0.3, -0.25) is 9.69 Å². The van der Waals surface area contributed by atoms with Crippen LogP contribution in [0.15, 0.2) is 18.2 Å². The number of amides is 1. The maximum Gasteiger partial charge on any atom is 0.248 e. The van der Waals surface area contributed by atoms with E-state index in [1.54, 1.807) is 6.07 Å². The van der Waals surface area contributed by atoms with Gasteiger partial charge in [0.25, 0.3) is 0 Å². The van der Waals surface area contributed by atoms with E-state index in [-0.39, 0.29) is 24.4 Å². The molecule has 0 saturated carbocycles. The molecule has 3 aliphatic heterocycles. The first-order valence-corrected chi connectivity index (χ1v) is 9.84. The molecule has 3 aliphatic rings. The number of halogens is 1. The summed E-state index contributed by atoms with van der Waals surface area (Å²) in [6.45, 7) is 5.79. The van der Waals surface area contributed by atoms with Crippen LogP contribution < -0.4 is 9.47 Å². The number of piperidine rings is 1. The highest BCUT2D eigenvalue weighted by Gasteiger charge is 2.27. The monoisotopic (exact) mass is 378 g/mol. The van der Waals surface area contributed by atoms with E-state index in [2.05, 4.69) is 4.90 Å². The molecule has 1 atom stereocenters. The lowest BCUT2D eigenvalue weighted by atomic mass is 9.93. The van der Waals surface area contributed by atoms with Crippen molar-refractivity contribution in [3.05, 3.63) is 24.0 Å². The zero-order chi connectivity index (χ0) is 18.6. The fourth-order valence-corrected chi connectivity index (χ4v) is 4.05. The molecular formula is C20H27FN2O4. The number of carbonyl (C=O) groups is 1. The van der Waals surface area contributed by atoms with Gasteiger partial charge in [-0.05, 0) is 50.4 Å². The number of fused-ring (bicyclic) bond motifs is 1. The van der Waals surface area contributed by atoms with Crippen LogP contribution in [0.2, 0.25) is 0 Å². The number of likely N-dealkylation sites (tertiary alicyclic amines) is 1. The normalized spacial score (nSPS) is 24.3. The van der Waals surface area contributed by atoms with Gasteiger partial charge in [0, 0.05) is 25.7 Å². The van der Waals surface area contributed by atoms with E-state index < -0.39 is 0 Å². The Balaban J connectivity index is 1.19. The third kappa shape index (κ3) is 4.71. The van der Waals surface area contributed by atoms with Gasteiger partial charge in [-0.15, -0.1) is 0 Å². The molecule has 148 valence electrons. The van der Waals surface area contributed by atoms with E-state index in [0.29, 0.717) is 30.6 Å². The second-order valence-electron chi connectivity index (χ2n) is 7.61. The minimum Gasteiger partial charge on any atom is -0.486 e. The molecule has 0 N–H and O–H groups in total. The Morgan fingerprint density at radius 3 is 2.81 bits per heavy atom. The van der Waals surface area contributed by atoms with Crippen LogP contribution >= 0.6 is 0 Å². The van der Waals surface area contributed by atoms with Crippen molar-refractivity contribution in [1.29, 1.82) is 0 Å². The predicted molar refractivity (Wildman–Crippen MR) is 97.5 cm³/mol. The van der Waals surface area contributed by atoms with E-state index in [9.17, 15) is 9.18 Å². The molecule has 2 fully saturated rings. The van der Waals surface area contributed by atoms with Crippen molar-refractivity contribution in [2.75, 3.05) is 52.5 Å². The average Bonchev–Trinajstić information content (AvgIpc) is 2.68. The molecule has 1 aromatic rings. The highest BCUT2D eigenvalue weighted by molar-refractivity contribution is 5.77. The van der Waals surface area contributed by atoms with Gasteiger partial charge in [-0.2, -0.15) is 0 Å². The molecule has 2 saturated heterocycles. The van der Waals surface area contributed by atoms with Crippen molar-refractivity contribution in [2.45, 2.75) is 25.4 Å². The molecule has 0 unspecified atom stereocenters. The number of nitrogens with zero attached hydrogens (tertiary/aromatic N) is 2. The summed E-state index contributed by atoms with van der Waals surface area (Å²) in [6.07, 6.45) is 3.27. The molecule has 7 heteroatoms. The Labute approximate surface area is 159 Å². The van der Waals surface area contributed by atoms with Crippen molar-refractivity contribution < 1.29 is 23.4 Å². The minimum absolute atomic E-state index is 0.0678. The maximum absolute atomic E-state index is 13.4. The summed E-state index contributed by atoms with van der Waals surface area (Å²) in [5.41, 5.74) is 0. The second kappa shape index (κ2) is 8.44. The number of benzene rings is 1. The minimum atomic E-state index is -0.308. The van der Waals surface area contributed by atoms with E-state index >= 15 is 0 Å². The number of hydrogen-bond donors (Lipinski definition) is 0. The predicted octanol–water partition coefficient (Wildman–Crippen LogP) is 1.93. The third-order valence-electron chi connectivity index (χ3n) is 5.68. The summed E-state index contributed by atoms with van der Waals surface area (Å²) in [5, 5.41) is 0. The van der Waals surface area contributed by atoms with Crippen LogP contribution in [-0.4, -0.2) is 74.4 Å². The van der Waals surface area contributed by atoms with Crippen LogP contribution in [0, 0.1) is 11.7 Å². The fraction of sp³-hybridized carbons (Fsp3) is 0.650. The summed E-state index contributed by atoms with van der Waals surface area (Å²) in [6, 6.07) is 4.39. The van der Waals surface area contributed by atoms with Crippen LogP contribution in [0.4, 0.5) is 4.39 Å². The summed E-state index contributed by atoms with van der Waals surface area (Å²) >= 11 is 0. The van der Waals surface area contributed by atoms with Gasteiger partial charge >= 0.3 is 0 Å². The summed E-state index contributed by atoms with van der Waals surface area (Å²) in [7, 11) is 0. The lowest BCUT2D eigenvalue weighted by molar-refractivity contribution is -0.142. The Hall–Kier alpha value is -1.86. The standard InChI is InChI=1S/C20H27FN2O4/c21-16-1-2-18-19(11-16)27-17(13-26-18)12-22-6-3-15(4-7-22)5-8-23-9-10-25-14-20(23)24/h1-2,11,15,17H,3-10,12-14H2/t17-/m0/s1. The van der Waals surface area contributed by atoms with Crippen molar-refractivity contribution in [3.63, 3.8) is 0 Å². The van der Waals surface area contributed by atoms with Crippen molar-refractivity contribution in [3.8, 4) is 11.5 Å². The summed E-state index contributed by atoms with van der Waals surface area (Å²) in [4.78, 5) is 16.1. The van der Waals surface area contributed by atoms with Crippen LogP contribution in [-0.2, 0) is 9.53 Å². The van der Waals surface area contributed by atoms with Gasteiger partial charge in [0.2, 0.25) is 5.91 Å². The van der Waals surface area contributed by atoms with E-state index in [1.165, 1.54) is 12.1 Å². The van der Waals surface area contributed by atoms with Gasteiger partial charge < -0.3 is 19.1 Å². The smallest absolute Gasteiger partial charge is 0.248 e. The molecule has 4 rings (SSSR count). The molecule has 1 amide bonds. The van der Waals surface area contributed by atoms with Gasteiger partial charge in [0.15, 0.2) is 11.5 Å². The summed E-state index contributed by atoms with van der Waals surface area (Å²) < 4.78 is 30.2. The maximum atomic E-state index is 13.4. The molecule has 0 aliphatic carbocycles. The highest BCUT2D eigenvalue weighted by Crippen LogP contribution is 2.32. The number of morpholine rings is 1. The number of rotatable bonds is 5. The fourth-order valence-electron chi connectivity index (χ4n) is 4.05. The first-order chi connectivity index (χ1) is 13.2. The quantitative estimate of drug-likeness (QED) is 0.784. The van der Waals surface area contributed by atoms with Crippen LogP contribution in [0.25, 0.3) is 0 Å². The molecule has 3 heterocycles. The van der Waals surface area contributed by atoms with Crippen molar-refractivity contribution >= 4 is 5.91 Å². The van der Waals surface area contributed by atoms with E-state index in [1.807, 2.05) is 4.90 Å². The molecule has 0 aromatic heterocycles. The van der Waals surface area contributed by atoms with Crippen molar-refractivity contribution in [2.24, 2.45) is 5.92 Å². The Kier molecular flexibility index (Phi) is 5.78. The van der Waals surface area contributed by atoms with Gasteiger partial charge in [0.1, 0.15) is 25.1 Å². The number of ether oxygens (including phenoxy) is 3. The second-order valence-corrected chi connectivity index (χ2v) is 7.61. The summed E-state index contributed by atoms with van der Waals surface area (Å²) in [5.74, 6) is 1.58. The highest BCUT2D eigenvalue weighted by atomic mass is 19.1. The zero-order valence-corrected chi connectivity index (χ0v) is 15.6. The lowest BCUT2D eigenvalue weighted by Crippen LogP contribution is -2.45. The first-order valence-electron chi connectivity index (χ1n) is 9.84. The molecule has 0 bridgehead atoms. The Morgan fingerprint density at radius 1 is 1.15 bits per heavy atom. The van der Waals surface area contributed by atoms with E-state index in [0.717, 1.165) is 52.0 Å². The number of carbonyl (C=O) groups excluding carboxylic acids is 1. The molecule has 1 aromatic carbocycles. The van der Waals surface area contributed by atoms with E-state index in [4.69, 9.17) is 14.2 Å². The molecular weight excluding hydrogens is 351 g/mol. The zero-order valence-electron chi connectivity index (χ0n) is 15.6. The Bertz CT molecular complexity index is 663. The van der Waals surface area contributed by atoms with Crippen LogP contribution in [0.5, 0.6) is 11.5 Å². The Morgan fingerprint density at radius 2 is 2.00 bits per heavy atom. The molecule has 27 heavy (non-hydrogen) atoms. The molecule has 0 spiro atoms. The third-order valence-corrected chi connectivity index (χ3v) is 5.68. The van der Waals surface area contributed by atoms with Gasteiger partial charge in [-0.1, -0.05) is 0 Å². The molecule has 0 radical (unpaired) electrons. The largest absolute Gasteiger partial charge is 0.486 e. The molecule has 6 nitrogen and oxygen atoms in total. The van der Waals surface area contributed by atoms with Crippen LogP contribution in [0.1, 0.15) is 19.3 Å². The van der Waals surface area contributed by atoms with Crippen LogP contribution in [0.3, 0.4) is 0 Å². The SMILES string of the molecule is O=C1COCCN1CCC1CCN(C[C@H]2COc3ccc(F)cc3O2)CC1. The first kappa shape index (κ1) is 18.5.